The minimum atomic E-state index is -0.272. The summed E-state index contributed by atoms with van der Waals surface area (Å²) in [5, 5.41) is 3.39. The van der Waals surface area contributed by atoms with Crippen LogP contribution in [0.15, 0.2) is 23.1 Å². The van der Waals surface area contributed by atoms with Gasteiger partial charge in [-0.1, -0.05) is 18.9 Å². The summed E-state index contributed by atoms with van der Waals surface area (Å²) >= 11 is 0. The number of carbonyl (C=O) groups excluding carboxylic acids is 1. The Morgan fingerprint density at radius 3 is 2.74 bits per heavy atom. The van der Waals surface area contributed by atoms with Gasteiger partial charge < -0.3 is 14.8 Å². The molecule has 2 aliphatic heterocycles. The van der Waals surface area contributed by atoms with E-state index in [2.05, 4.69) is 24.1 Å². The van der Waals surface area contributed by atoms with Crippen molar-refractivity contribution in [1.29, 1.82) is 0 Å². The monoisotopic (exact) mass is 322 g/mol. The third kappa shape index (κ3) is 3.55. The van der Waals surface area contributed by atoms with E-state index in [4.69, 9.17) is 9.47 Å². The van der Waals surface area contributed by atoms with Crippen LogP contribution < -0.4 is 5.32 Å². The molecule has 0 aromatic carbocycles. The first kappa shape index (κ1) is 17.9. The maximum atomic E-state index is 12.2. The Labute approximate surface area is 139 Å². The van der Waals surface area contributed by atoms with Gasteiger partial charge in [-0.2, -0.15) is 0 Å². The van der Waals surface area contributed by atoms with E-state index in [0.717, 1.165) is 32.4 Å². The number of carbonyl (C=O) groups is 1. The lowest BCUT2D eigenvalue weighted by molar-refractivity contribution is -0.137. The Morgan fingerprint density at radius 1 is 1.43 bits per heavy atom. The summed E-state index contributed by atoms with van der Waals surface area (Å²) in [4.78, 5) is 14.8. The molecule has 0 spiro atoms. The number of rotatable bonds is 5. The van der Waals surface area contributed by atoms with Gasteiger partial charge in [-0.3, -0.25) is 4.90 Å². The van der Waals surface area contributed by atoms with Gasteiger partial charge >= 0.3 is 5.97 Å². The van der Waals surface area contributed by atoms with Gasteiger partial charge in [0.1, 0.15) is 0 Å². The molecule has 1 fully saturated rings. The average Bonchev–Trinajstić information content (AvgIpc) is 2.57. The van der Waals surface area contributed by atoms with Crippen LogP contribution in [0.5, 0.6) is 0 Å². The SMILES string of the molecule is CCC1CN2CCC(C)=C(NC)C2CC1/C(=C\OC)C(=O)OC. The lowest BCUT2D eigenvalue weighted by atomic mass is 9.74. The number of piperidine rings is 1. The molecule has 3 atom stereocenters. The summed E-state index contributed by atoms with van der Waals surface area (Å²) < 4.78 is 10.2. The van der Waals surface area contributed by atoms with Crippen molar-refractivity contribution in [3.05, 3.63) is 23.1 Å². The fraction of sp³-hybridized carbons (Fsp3) is 0.722. The third-order valence-electron chi connectivity index (χ3n) is 5.38. The van der Waals surface area contributed by atoms with Crippen LogP contribution in [-0.2, 0) is 14.3 Å². The van der Waals surface area contributed by atoms with E-state index in [1.807, 2.05) is 7.05 Å². The first-order valence-corrected chi connectivity index (χ1v) is 8.49. The van der Waals surface area contributed by atoms with Crippen LogP contribution in [0.4, 0.5) is 0 Å². The van der Waals surface area contributed by atoms with E-state index < -0.39 is 0 Å². The van der Waals surface area contributed by atoms with Crippen molar-refractivity contribution in [1.82, 2.24) is 10.2 Å². The molecule has 5 heteroatoms. The molecular weight excluding hydrogens is 292 g/mol. The van der Waals surface area contributed by atoms with Gasteiger partial charge in [0.25, 0.3) is 0 Å². The fourth-order valence-electron chi connectivity index (χ4n) is 4.12. The first-order valence-electron chi connectivity index (χ1n) is 8.49. The molecule has 0 aromatic heterocycles. The molecule has 1 N–H and O–H groups in total. The molecule has 2 heterocycles. The van der Waals surface area contributed by atoms with Gasteiger partial charge in [-0.05, 0) is 31.6 Å². The van der Waals surface area contributed by atoms with Crippen LogP contribution in [-0.4, -0.2) is 51.3 Å². The topological polar surface area (TPSA) is 50.8 Å². The second-order valence-electron chi connectivity index (χ2n) is 6.52. The molecular formula is C18H30N2O3. The Hall–Kier alpha value is -1.49. The van der Waals surface area contributed by atoms with Gasteiger partial charge in [0.05, 0.1) is 32.1 Å². The molecule has 130 valence electrons. The van der Waals surface area contributed by atoms with Gasteiger partial charge in [0.15, 0.2) is 0 Å². The number of fused-ring (bicyclic) bond motifs is 1. The standard InChI is InChI=1S/C18H30N2O3/c1-6-13-10-20-8-7-12(2)17(19-3)16(20)9-14(13)15(11-22-4)18(21)23-5/h11,13-14,16,19H,6-10H2,1-5H3/b15-11+. The lowest BCUT2D eigenvalue weighted by Gasteiger charge is -2.47. The normalized spacial score (nSPS) is 29.1. The summed E-state index contributed by atoms with van der Waals surface area (Å²) in [7, 11) is 5.02. The van der Waals surface area contributed by atoms with Gasteiger partial charge in [-0.25, -0.2) is 4.79 Å². The maximum Gasteiger partial charge on any atom is 0.337 e. The minimum absolute atomic E-state index is 0.169. The number of hydrogen-bond acceptors (Lipinski definition) is 5. The molecule has 0 saturated carbocycles. The highest BCUT2D eigenvalue weighted by Crippen LogP contribution is 2.39. The molecule has 1 saturated heterocycles. The number of esters is 1. The van der Waals surface area contributed by atoms with Gasteiger partial charge in [0, 0.05) is 25.8 Å². The Morgan fingerprint density at radius 2 is 2.17 bits per heavy atom. The van der Waals surface area contributed by atoms with Crippen molar-refractivity contribution in [2.24, 2.45) is 11.8 Å². The summed E-state index contributed by atoms with van der Waals surface area (Å²) in [6.07, 6.45) is 4.67. The molecule has 5 nitrogen and oxygen atoms in total. The van der Waals surface area contributed by atoms with Crippen LogP contribution in [0, 0.1) is 11.8 Å². The van der Waals surface area contributed by atoms with Crippen molar-refractivity contribution >= 4 is 5.97 Å². The lowest BCUT2D eigenvalue weighted by Crippen LogP contribution is -2.53. The van der Waals surface area contributed by atoms with Crippen LogP contribution in [0.3, 0.4) is 0 Å². The quantitative estimate of drug-likeness (QED) is 0.478. The molecule has 0 aromatic rings. The van der Waals surface area contributed by atoms with Crippen molar-refractivity contribution in [2.75, 3.05) is 34.4 Å². The first-order chi connectivity index (χ1) is 11.1. The summed E-state index contributed by atoms with van der Waals surface area (Å²) in [6.45, 7) is 6.52. The predicted octanol–water partition coefficient (Wildman–Crippen LogP) is 2.30. The van der Waals surface area contributed by atoms with Gasteiger partial charge in [0.2, 0.25) is 0 Å². The molecule has 2 aliphatic rings. The number of nitrogens with one attached hydrogen (secondary N) is 1. The second-order valence-corrected chi connectivity index (χ2v) is 6.52. The Bertz CT molecular complexity index is 498. The maximum absolute atomic E-state index is 12.2. The smallest absolute Gasteiger partial charge is 0.337 e. The van der Waals surface area contributed by atoms with E-state index in [1.165, 1.54) is 18.4 Å². The summed E-state index contributed by atoms with van der Waals surface area (Å²) in [5.74, 6) is 0.345. The molecule has 23 heavy (non-hydrogen) atoms. The summed E-state index contributed by atoms with van der Waals surface area (Å²) in [5.41, 5.74) is 3.41. The van der Waals surface area contributed by atoms with E-state index in [-0.39, 0.29) is 11.9 Å². The predicted molar refractivity (Wildman–Crippen MR) is 90.7 cm³/mol. The third-order valence-corrected chi connectivity index (χ3v) is 5.38. The van der Waals surface area contributed by atoms with Crippen molar-refractivity contribution in [3.63, 3.8) is 0 Å². The van der Waals surface area contributed by atoms with Gasteiger partial charge in [-0.15, -0.1) is 0 Å². The summed E-state index contributed by atoms with van der Waals surface area (Å²) in [6, 6.07) is 0.353. The fourth-order valence-corrected chi connectivity index (χ4v) is 4.12. The van der Waals surface area contributed by atoms with E-state index >= 15 is 0 Å². The number of ether oxygens (including phenoxy) is 2. The average molecular weight is 322 g/mol. The van der Waals surface area contributed by atoms with Crippen LogP contribution in [0.2, 0.25) is 0 Å². The van der Waals surface area contributed by atoms with Crippen molar-refractivity contribution in [2.45, 2.75) is 39.2 Å². The highest BCUT2D eigenvalue weighted by atomic mass is 16.5. The van der Waals surface area contributed by atoms with Crippen molar-refractivity contribution < 1.29 is 14.3 Å². The Balaban J connectivity index is 2.33. The van der Waals surface area contributed by atoms with Crippen LogP contribution in [0.1, 0.15) is 33.1 Å². The zero-order chi connectivity index (χ0) is 17.0. The second kappa shape index (κ2) is 7.86. The molecule has 0 amide bonds. The zero-order valence-corrected chi connectivity index (χ0v) is 15.0. The molecule has 0 aliphatic carbocycles. The number of methoxy groups -OCH3 is 2. The number of likely N-dealkylation sites (N-methyl/N-ethyl adjacent to an activating group) is 1. The molecule has 2 rings (SSSR count). The minimum Gasteiger partial charge on any atom is -0.504 e. The number of hydrogen-bond donors (Lipinski definition) is 1. The zero-order valence-electron chi connectivity index (χ0n) is 15.0. The molecule has 3 unspecified atom stereocenters. The molecule has 0 bridgehead atoms. The molecule has 0 radical (unpaired) electrons. The van der Waals surface area contributed by atoms with E-state index in [1.54, 1.807) is 13.4 Å². The van der Waals surface area contributed by atoms with Crippen molar-refractivity contribution in [3.8, 4) is 0 Å². The van der Waals surface area contributed by atoms with Crippen LogP contribution in [0.25, 0.3) is 0 Å². The largest absolute Gasteiger partial charge is 0.504 e. The van der Waals surface area contributed by atoms with E-state index in [9.17, 15) is 4.79 Å². The van der Waals surface area contributed by atoms with Crippen LogP contribution >= 0.6 is 0 Å². The Kier molecular flexibility index (Phi) is 6.10. The van der Waals surface area contributed by atoms with E-state index in [0.29, 0.717) is 17.5 Å². The highest BCUT2D eigenvalue weighted by Gasteiger charge is 2.41. The highest BCUT2D eigenvalue weighted by molar-refractivity contribution is 5.88. The number of nitrogens with zero attached hydrogens (tertiary/aromatic N) is 1.